The van der Waals surface area contributed by atoms with Gasteiger partial charge in [0.2, 0.25) is 0 Å². The Kier molecular flexibility index (Phi) is 5.76. The maximum absolute atomic E-state index is 13.0. The molecule has 9 heteroatoms. The van der Waals surface area contributed by atoms with E-state index < -0.39 is 33.8 Å². The molecule has 1 saturated carbocycles. The number of cyclic esters (lactones) is 1. The number of ether oxygens (including phenoxy) is 3. The Morgan fingerprint density at radius 3 is 2.55 bits per heavy atom. The zero-order valence-electron chi connectivity index (χ0n) is 18.9. The zero-order chi connectivity index (χ0) is 24.0. The summed E-state index contributed by atoms with van der Waals surface area (Å²) in [6.45, 7) is 5.94. The number of nitro benzene ring substituents is 1. The number of non-ortho nitro benzene ring substituents is 1. The fourth-order valence-corrected chi connectivity index (χ4v) is 6.06. The van der Waals surface area contributed by atoms with Gasteiger partial charge in [-0.15, -0.1) is 0 Å². The molecule has 1 aromatic carbocycles. The fraction of sp³-hybridized carbons (Fsp3) is 0.542. The van der Waals surface area contributed by atoms with Gasteiger partial charge in [0.15, 0.2) is 0 Å². The highest BCUT2D eigenvalue weighted by molar-refractivity contribution is 5.92. The van der Waals surface area contributed by atoms with Crippen molar-refractivity contribution in [3.05, 3.63) is 51.6 Å². The Bertz CT molecular complexity index is 1030. The fourth-order valence-electron chi connectivity index (χ4n) is 6.06. The van der Waals surface area contributed by atoms with Crippen LogP contribution in [0, 0.1) is 32.8 Å². The number of nitro groups is 1. The quantitative estimate of drug-likeness (QED) is 0.284. The molecule has 1 saturated heterocycles. The Labute approximate surface area is 191 Å². The third-order valence-electron chi connectivity index (χ3n) is 7.55. The lowest BCUT2D eigenvalue weighted by atomic mass is 9.48. The van der Waals surface area contributed by atoms with Crippen LogP contribution >= 0.6 is 0 Å². The molecule has 0 amide bonds. The molecular weight excluding hydrogens is 430 g/mol. The van der Waals surface area contributed by atoms with Crippen LogP contribution < -0.4 is 0 Å². The maximum Gasteiger partial charge on any atom is 0.338 e. The molecule has 2 fully saturated rings. The van der Waals surface area contributed by atoms with Crippen LogP contribution in [0.5, 0.6) is 0 Å². The molecule has 0 radical (unpaired) electrons. The standard InChI is InChI=1S/C24H27NO8/c1-14(26)32-13-23(2)9-4-10-24(3)18-12-31-22(28)17(18)11-19(20(23)24)33-21(27)15-5-7-16(8-6-15)25(29)30/h5-8,11,18-20H,4,9-10,12-13H2,1-3H3. The zero-order valence-corrected chi connectivity index (χ0v) is 18.9. The third kappa shape index (κ3) is 4.00. The van der Waals surface area contributed by atoms with Gasteiger partial charge in [-0.05, 0) is 36.5 Å². The van der Waals surface area contributed by atoms with Crippen molar-refractivity contribution in [3.8, 4) is 0 Å². The minimum atomic E-state index is -0.740. The molecule has 0 spiro atoms. The number of nitrogens with zero attached hydrogens (tertiary/aromatic N) is 1. The number of rotatable bonds is 5. The van der Waals surface area contributed by atoms with Gasteiger partial charge in [-0.2, -0.15) is 0 Å². The predicted molar refractivity (Wildman–Crippen MR) is 115 cm³/mol. The van der Waals surface area contributed by atoms with Crippen molar-refractivity contribution in [3.63, 3.8) is 0 Å². The van der Waals surface area contributed by atoms with E-state index in [0.717, 1.165) is 19.3 Å². The number of hydrogen-bond donors (Lipinski definition) is 0. The largest absolute Gasteiger partial charge is 0.465 e. The number of carbonyl (C=O) groups is 3. The number of fused-ring (bicyclic) bond motifs is 3. The number of benzene rings is 1. The van der Waals surface area contributed by atoms with Gasteiger partial charge in [-0.25, -0.2) is 9.59 Å². The van der Waals surface area contributed by atoms with Crippen LogP contribution in [0.3, 0.4) is 0 Å². The van der Waals surface area contributed by atoms with Crippen molar-refractivity contribution in [1.82, 2.24) is 0 Å². The molecule has 33 heavy (non-hydrogen) atoms. The summed E-state index contributed by atoms with van der Waals surface area (Å²) < 4.78 is 16.7. The van der Waals surface area contributed by atoms with Crippen LogP contribution in [0.1, 0.15) is 50.4 Å². The van der Waals surface area contributed by atoms with Gasteiger partial charge < -0.3 is 14.2 Å². The normalized spacial score (nSPS) is 32.6. The molecule has 1 aromatic rings. The van der Waals surface area contributed by atoms with Gasteiger partial charge in [0.05, 0.1) is 23.7 Å². The van der Waals surface area contributed by atoms with Crippen molar-refractivity contribution in [1.29, 1.82) is 0 Å². The molecule has 9 nitrogen and oxygen atoms in total. The SMILES string of the molecule is CC(=O)OCC1(C)CCCC2(C)C3COC(=O)C3=CC(OC(=O)c3ccc([N+](=O)[O-])cc3)C12. The van der Waals surface area contributed by atoms with Crippen molar-refractivity contribution < 1.29 is 33.5 Å². The van der Waals surface area contributed by atoms with Crippen molar-refractivity contribution in [2.45, 2.75) is 46.1 Å². The molecule has 1 aliphatic heterocycles. The van der Waals surface area contributed by atoms with Crippen LogP contribution in [0.25, 0.3) is 0 Å². The predicted octanol–water partition coefficient (Wildman–Crippen LogP) is 3.61. The van der Waals surface area contributed by atoms with E-state index in [9.17, 15) is 24.5 Å². The highest BCUT2D eigenvalue weighted by Gasteiger charge is 2.61. The van der Waals surface area contributed by atoms with Crippen LogP contribution in [0.15, 0.2) is 35.9 Å². The first-order valence-corrected chi connectivity index (χ1v) is 11.0. The number of hydrogen-bond acceptors (Lipinski definition) is 8. The molecule has 2 aliphatic carbocycles. The summed E-state index contributed by atoms with van der Waals surface area (Å²) in [5.74, 6) is -1.76. The smallest absolute Gasteiger partial charge is 0.338 e. The van der Waals surface area contributed by atoms with Crippen LogP contribution in [0.2, 0.25) is 0 Å². The van der Waals surface area contributed by atoms with Crippen molar-refractivity contribution in [2.24, 2.45) is 22.7 Å². The highest BCUT2D eigenvalue weighted by Crippen LogP contribution is 2.61. The van der Waals surface area contributed by atoms with E-state index in [0.29, 0.717) is 5.57 Å². The molecule has 0 bridgehead atoms. The van der Waals surface area contributed by atoms with Gasteiger partial charge >= 0.3 is 17.9 Å². The summed E-state index contributed by atoms with van der Waals surface area (Å²) in [5.41, 5.74) is -0.311. The Hall–Kier alpha value is -3.23. The topological polar surface area (TPSA) is 122 Å². The Balaban J connectivity index is 1.70. The van der Waals surface area contributed by atoms with Crippen molar-refractivity contribution in [2.75, 3.05) is 13.2 Å². The highest BCUT2D eigenvalue weighted by atomic mass is 16.6. The van der Waals surface area contributed by atoms with E-state index in [2.05, 4.69) is 6.92 Å². The van der Waals surface area contributed by atoms with Gasteiger partial charge in [0.25, 0.3) is 5.69 Å². The lowest BCUT2D eigenvalue weighted by Crippen LogP contribution is -2.57. The minimum Gasteiger partial charge on any atom is -0.465 e. The van der Waals surface area contributed by atoms with Gasteiger partial charge in [-0.3, -0.25) is 14.9 Å². The van der Waals surface area contributed by atoms with Crippen LogP contribution in [-0.2, 0) is 23.8 Å². The van der Waals surface area contributed by atoms with Crippen LogP contribution in [-0.4, -0.2) is 42.1 Å². The first-order chi connectivity index (χ1) is 15.5. The molecule has 176 valence electrons. The Morgan fingerprint density at radius 1 is 1.21 bits per heavy atom. The van der Waals surface area contributed by atoms with E-state index in [-0.39, 0.29) is 42.3 Å². The van der Waals surface area contributed by atoms with E-state index in [1.807, 2.05) is 6.92 Å². The second-order valence-electron chi connectivity index (χ2n) is 9.72. The first kappa shape index (κ1) is 22.9. The average Bonchev–Trinajstić information content (AvgIpc) is 3.14. The average molecular weight is 457 g/mol. The van der Waals surface area contributed by atoms with E-state index in [1.54, 1.807) is 6.08 Å². The molecule has 5 unspecified atom stereocenters. The lowest BCUT2D eigenvalue weighted by molar-refractivity contribution is -0.384. The van der Waals surface area contributed by atoms with Gasteiger partial charge in [0, 0.05) is 41.9 Å². The molecule has 0 aromatic heterocycles. The number of esters is 3. The molecule has 0 N–H and O–H groups in total. The second-order valence-corrected chi connectivity index (χ2v) is 9.72. The summed E-state index contributed by atoms with van der Waals surface area (Å²) in [4.78, 5) is 47.4. The molecule has 3 aliphatic rings. The second kappa shape index (κ2) is 8.28. The summed E-state index contributed by atoms with van der Waals surface area (Å²) in [7, 11) is 0. The minimum absolute atomic E-state index is 0.124. The molecule has 5 atom stereocenters. The first-order valence-electron chi connectivity index (χ1n) is 11.0. The summed E-state index contributed by atoms with van der Waals surface area (Å²) >= 11 is 0. The molecular formula is C24H27NO8. The molecule has 4 rings (SSSR count). The van der Waals surface area contributed by atoms with Crippen molar-refractivity contribution >= 4 is 23.6 Å². The Morgan fingerprint density at radius 2 is 1.91 bits per heavy atom. The van der Waals surface area contributed by atoms with Crippen LogP contribution in [0.4, 0.5) is 5.69 Å². The maximum atomic E-state index is 13.0. The van der Waals surface area contributed by atoms with Gasteiger partial charge in [0.1, 0.15) is 6.10 Å². The van der Waals surface area contributed by atoms with E-state index in [1.165, 1.54) is 31.2 Å². The summed E-state index contributed by atoms with van der Waals surface area (Å²) in [6, 6.07) is 5.19. The lowest BCUT2D eigenvalue weighted by Gasteiger charge is -2.57. The van der Waals surface area contributed by atoms with E-state index >= 15 is 0 Å². The monoisotopic (exact) mass is 457 g/mol. The number of carbonyl (C=O) groups excluding carboxylic acids is 3. The third-order valence-corrected chi connectivity index (χ3v) is 7.55. The van der Waals surface area contributed by atoms with Gasteiger partial charge in [-0.1, -0.05) is 20.3 Å². The molecule has 1 heterocycles. The summed E-state index contributed by atoms with van der Waals surface area (Å²) in [5, 5.41) is 10.9. The summed E-state index contributed by atoms with van der Waals surface area (Å²) in [6.07, 6.45) is 3.42. The van der Waals surface area contributed by atoms with E-state index in [4.69, 9.17) is 14.2 Å².